The SMILES string of the molecule is Cc1noc(C)c1S(=O)(=O)N1CCC[C@@H]1C(=O)NC(c1ccccc1)c1ccccc1. The first-order valence-corrected chi connectivity index (χ1v) is 11.7. The quantitative estimate of drug-likeness (QED) is 0.636. The zero-order valence-corrected chi connectivity index (χ0v) is 18.3. The Kier molecular flexibility index (Phi) is 5.93. The number of hydrogen-bond acceptors (Lipinski definition) is 5. The van der Waals surface area contributed by atoms with Gasteiger partial charge in [-0.05, 0) is 37.8 Å². The topological polar surface area (TPSA) is 92.5 Å². The number of carbonyl (C=O) groups is 1. The van der Waals surface area contributed by atoms with Crippen molar-refractivity contribution in [1.82, 2.24) is 14.8 Å². The molecule has 1 aliphatic heterocycles. The molecular formula is C23H25N3O4S. The van der Waals surface area contributed by atoms with E-state index in [1.165, 1.54) is 4.31 Å². The number of hydrogen-bond donors (Lipinski definition) is 1. The molecule has 0 bridgehead atoms. The Hall–Kier alpha value is -2.97. The van der Waals surface area contributed by atoms with Gasteiger partial charge in [-0.2, -0.15) is 4.31 Å². The average Bonchev–Trinajstić information content (AvgIpc) is 3.40. The van der Waals surface area contributed by atoms with Crippen molar-refractivity contribution in [2.24, 2.45) is 0 Å². The highest BCUT2D eigenvalue weighted by Gasteiger charge is 2.42. The average molecular weight is 440 g/mol. The number of carbonyl (C=O) groups excluding carboxylic acids is 1. The van der Waals surface area contributed by atoms with E-state index in [2.05, 4.69) is 10.5 Å². The van der Waals surface area contributed by atoms with E-state index in [9.17, 15) is 13.2 Å². The Morgan fingerprint density at radius 3 is 2.16 bits per heavy atom. The Bertz CT molecular complexity index is 1100. The predicted molar refractivity (Wildman–Crippen MR) is 116 cm³/mol. The lowest BCUT2D eigenvalue weighted by atomic mass is 9.98. The fourth-order valence-corrected chi connectivity index (χ4v) is 6.09. The standard InChI is InChI=1S/C23H25N3O4S/c1-16-22(17(2)30-25-16)31(28,29)26-15-9-14-20(26)23(27)24-21(18-10-5-3-6-11-18)19-12-7-4-8-13-19/h3-8,10-13,20-21H,9,14-15H2,1-2H3,(H,24,27)/t20-/m1/s1. The fourth-order valence-electron chi connectivity index (χ4n) is 4.14. The van der Waals surface area contributed by atoms with Crippen molar-refractivity contribution in [3.05, 3.63) is 83.2 Å². The van der Waals surface area contributed by atoms with Crippen molar-refractivity contribution in [3.8, 4) is 0 Å². The molecule has 2 aromatic carbocycles. The third kappa shape index (κ3) is 4.13. The van der Waals surface area contributed by atoms with Crippen LogP contribution in [0.5, 0.6) is 0 Å². The Morgan fingerprint density at radius 1 is 1.06 bits per heavy atom. The van der Waals surface area contributed by atoms with Crippen LogP contribution in [0.2, 0.25) is 0 Å². The monoisotopic (exact) mass is 439 g/mol. The first-order chi connectivity index (χ1) is 14.9. The van der Waals surface area contributed by atoms with Crippen molar-refractivity contribution in [1.29, 1.82) is 0 Å². The van der Waals surface area contributed by atoms with Crippen molar-refractivity contribution in [2.75, 3.05) is 6.54 Å². The van der Waals surface area contributed by atoms with Crippen LogP contribution in [0.25, 0.3) is 0 Å². The molecule has 1 fully saturated rings. The van der Waals surface area contributed by atoms with Crippen molar-refractivity contribution >= 4 is 15.9 Å². The van der Waals surface area contributed by atoms with Gasteiger partial charge in [-0.3, -0.25) is 4.79 Å². The minimum absolute atomic E-state index is 0.0508. The zero-order chi connectivity index (χ0) is 22.0. The molecule has 3 aromatic rings. The molecule has 1 saturated heterocycles. The summed E-state index contributed by atoms with van der Waals surface area (Å²) < 4.78 is 33.0. The molecule has 0 spiro atoms. The van der Waals surface area contributed by atoms with E-state index < -0.39 is 16.1 Å². The molecule has 0 radical (unpaired) electrons. The van der Waals surface area contributed by atoms with Gasteiger partial charge < -0.3 is 9.84 Å². The molecule has 1 aliphatic rings. The summed E-state index contributed by atoms with van der Waals surface area (Å²) >= 11 is 0. The van der Waals surface area contributed by atoms with Gasteiger partial charge in [0, 0.05) is 6.54 Å². The first-order valence-electron chi connectivity index (χ1n) is 10.2. The molecule has 0 saturated carbocycles. The summed E-state index contributed by atoms with van der Waals surface area (Å²) in [5.41, 5.74) is 2.16. The number of nitrogens with one attached hydrogen (secondary N) is 1. The molecule has 1 aromatic heterocycles. The third-order valence-electron chi connectivity index (χ3n) is 5.59. The molecule has 31 heavy (non-hydrogen) atoms. The first kappa shape index (κ1) is 21.3. The van der Waals surface area contributed by atoms with E-state index >= 15 is 0 Å². The largest absolute Gasteiger partial charge is 0.360 e. The Labute approximate surface area is 182 Å². The predicted octanol–water partition coefficient (Wildman–Crippen LogP) is 3.35. The van der Waals surface area contributed by atoms with Gasteiger partial charge in [-0.1, -0.05) is 65.8 Å². The summed E-state index contributed by atoms with van der Waals surface area (Å²) in [6, 6.07) is 18.1. The third-order valence-corrected chi connectivity index (χ3v) is 7.75. The van der Waals surface area contributed by atoms with Gasteiger partial charge in [0.1, 0.15) is 16.6 Å². The molecule has 8 heteroatoms. The van der Waals surface area contributed by atoms with Crippen LogP contribution in [-0.4, -0.2) is 36.4 Å². The summed E-state index contributed by atoms with van der Waals surface area (Å²) in [5, 5.41) is 6.85. The van der Waals surface area contributed by atoms with Crippen LogP contribution in [0, 0.1) is 13.8 Å². The molecule has 1 N–H and O–H groups in total. The minimum atomic E-state index is -3.90. The molecule has 1 amide bonds. The smallest absolute Gasteiger partial charge is 0.249 e. The van der Waals surface area contributed by atoms with E-state index in [1.54, 1.807) is 13.8 Å². The van der Waals surface area contributed by atoms with Gasteiger partial charge in [0.25, 0.3) is 0 Å². The van der Waals surface area contributed by atoms with Gasteiger partial charge in [0.2, 0.25) is 15.9 Å². The number of amides is 1. The summed E-state index contributed by atoms with van der Waals surface area (Å²) in [5.74, 6) is -0.0828. The van der Waals surface area contributed by atoms with Gasteiger partial charge >= 0.3 is 0 Å². The van der Waals surface area contributed by atoms with Crippen molar-refractivity contribution in [3.63, 3.8) is 0 Å². The Balaban J connectivity index is 1.63. The second kappa shape index (κ2) is 8.64. The lowest BCUT2D eigenvalue weighted by molar-refractivity contribution is -0.124. The molecule has 2 heterocycles. The van der Waals surface area contributed by atoms with E-state index in [0.29, 0.717) is 18.5 Å². The molecular weight excluding hydrogens is 414 g/mol. The second-order valence-corrected chi connectivity index (χ2v) is 9.52. The maximum atomic E-state index is 13.3. The van der Waals surface area contributed by atoms with E-state index in [4.69, 9.17) is 4.52 Å². The zero-order valence-electron chi connectivity index (χ0n) is 17.5. The number of rotatable bonds is 6. The highest BCUT2D eigenvalue weighted by molar-refractivity contribution is 7.89. The molecule has 7 nitrogen and oxygen atoms in total. The molecule has 1 atom stereocenters. The number of nitrogens with zero attached hydrogens (tertiary/aromatic N) is 2. The van der Waals surface area contributed by atoms with Crippen LogP contribution in [0.1, 0.15) is 41.5 Å². The minimum Gasteiger partial charge on any atom is -0.360 e. The van der Waals surface area contributed by atoms with Crippen molar-refractivity contribution < 1.29 is 17.7 Å². The number of benzene rings is 2. The fraction of sp³-hybridized carbons (Fsp3) is 0.304. The lowest BCUT2D eigenvalue weighted by Gasteiger charge is -2.26. The highest BCUT2D eigenvalue weighted by Crippen LogP contribution is 2.31. The van der Waals surface area contributed by atoms with Crippen molar-refractivity contribution in [2.45, 2.75) is 43.7 Å². The van der Waals surface area contributed by atoms with Crippen LogP contribution in [0.4, 0.5) is 0 Å². The molecule has 0 unspecified atom stereocenters. The number of aromatic nitrogens is 1. The molecule has 162 valence electrons. The van der Waals surface area contributed by atoms with Crippen LogP contribution in [0.15, 0.2) is 70.1 Å². The number of aryl methyl sites for hydroxylation is 2. The van der Waals surface area contributed by atoms with Gasteiger partial charge in [-0.25, -0.2) is 8.42 Å². The van der Waals surface area contributed by atoms with Crippen LogP contribution in [-0.2, 0) is 14.8 Å². The number of sulfonamides is 1. The van der Waals surface area contributed by atoms with Gasteiger partial charge in [0.15, 0.2) is 5.76 Å². The molecule has 0 aliphatic carbocycles. The van der Waals surface area contributed by atoms with Crippen LogP contribution < -0.4 is 5.32 Å². The normalized spacial score (nSPS) is 17.2. The maximum Gasteiger partial charge on any atom is 0.249 e. The molecule has 4 rings (SSSR count). The highest BCUT2D eigenvalue weighted by atomic mass is 32.2. The summed E-state index contributed by atoms with van der Waals surface area (Å²) in [6.07, 6.45) is 1.08. The summed E-state index contributed by atoms with van der Waals surface area (Å²) in [6.45, 7) is 3.44. The second-order valence-electron chi connectivity index (χ2n) is 7.69. The maximum absolute atomic E-state index is 13.3. The van der Waals surface area contributed by atoms with Crippen LogP contribution >= 0.6 is 0 Å². The summed E-state index contributed by atoms with van der Waals surface area (Å²) in [4.78, 5) is 13.4. The van der Waals surface area contributed by atoms with Crippen LogP contribution in [0.3, 0.4) is 0 Å². The summed E-state index contributed by atoms with van der Waals surface area (Å²) in [7, 11) is -3.90. The van der Waals surface area contributed by atoms with Gasteiger partial charge in [0.05, 0.1) is 6.04 Å². The van der Waals surface area contributed by atoms with E-state index in [-0.39, 0.29) is 29.1 Å². The van der Waals surface area contributed by atoms with E-state index in [0.717, 1.165) is 11.1 Å². The van der Waals surface area contributed by atoms with Gasteiger partial charge in [-0.15, -0.1) is 0 Å². The van der Waals surface area contributed by atoms with E-state index in [1.807, 2.05) is 60.7 Å². The lowest BCUT2D eigenvalue weighted by Crippen LogP contribution is -2.47. The Morgan fingerprint density at radius 2 is 1.65 bits per heavy atom.